The number of carboxylic acids is 4. The zero-order valence-corrected chi connectivity index (χ0v) is 16.4. The van der Waals surface area contributed by atoms with Gasteiger partial charge in [0, 0.05) is 0 Å². The molecule has 4 N–H and O–H groups in total. The Bertz CT molecular complexity index is 440. The van der Waals surface area contributed by atoms with E-state index in [1.807, 2.05) is 0 Å². The Kier molecular flexibility index (Phi) is 9.74. The van der Waals surface area contributed by atoms with Crippen molar-refractivity contribution in [1.29, 1.82) is 0 Å². The molecule has 12 heteroatoms. The third-order valence-electron chi connectivity index (χ3n) is 3.04. The summed E-state index contributed by atoms with van der Waals surface area (Å²) in [6, 6.07) is 0. The molecule has 0 aliphatic rings. The van der Waals surface area contributed by atoms with Gasteiger partial charge in [0.25, 0.3) is 0 Å². The van der Waals surface area contributed by atoms with Crippen LogP contribution in [0.15, 0.2) is 0 Å². The number of carboxylic acid groups (broad SMARTS) is 4. The van der Waals surface area contributed by atoms with Gasteiger partial charge in [0.1, 0.15) is 0 Å². The standard InChI is InChI=1S/C10H14N2O8.2Na/c13-7(14)3-11(4-8(15)16)1-2-12(5-9(17)18)6-10(19)20;;/h1-5H2,(H,13,14)(H,15,16)(H,17,18)(H,19,20);;. The molecular weight excluding hydrogens is 322 g/mol. The molecule has 0 spiro atoms. The number of rotatable bonds is 11. The normalized spacial score (nSPS) is 11.7. The molecular formula is C10H14N2Na2O8. The Morgan fingerprint density at radius 3 is 1.50 bits per heavy atom. The van der Waals surface area contributed by atoms with Gasteiger partial charge >= 0.3 is 162 Å². The Morgan fingerprint density at radius 2 is 1.18 bits per heavy atom. The van der Waals surface area contributed by atoms with Gasteiger partial charge in [0.15, 0.2) is 0 Å². The van der Waals surface area contributed by atoms with Gasteiger partial charge in [-0.2, -0.15) is 0 Å². The first-order chi connectivity index (χ1) is 9.96. The van der Waals surface area contributed by atoms with E-state index in [1.54, 1.807) is 0 Å². The molecule has 0 aromatic heterocycles. The molecule has 22 heavy (non-hydrogen) atoms. The minimum absolute atomic E-state index is 0.0356. The van der Waals surface area contributed by atoms with Crippen molar-refractivity contribution in [3.8, 4) is 0 Å². The quantitative estimate of drug-likeness (QED) is 0.285. The van der Waals surface area contributed by atoms with E-state index in [-0.39, 0.29) is 69.0 Å². The fourth-order valence-corrected chi connectivity index (χ4v) is 2.48. The second kappa shape index (κ2) is 9.83. The first kappa shape index (κ1) is 21.8. The third-order valence-corrected chi connectivity index (χ3v) is 5.16. The van der Waals surface area contributed by atoms with Crippen LogP contribution >= 0.6 is 0 Å². The van der Waals surface area contributed by atoms with Gasteiger partial charge in [-0.05, 0) is 0 Å². The van der Waals surface area contributed by atoms with E-state index < -0.39 is 43.5 Å². The van der Waals surface area contributed by atoms with Crippen molar-refractivity contribution in [2.75, 3.05) is 32.7 Å². The fraction of sp³-hybridized carbons (Fsp3) is 0.600. The van der Waals surface area contributed by atoms with Gasteiger partial charge in [0.2, 0.25) is 0 Å². The maximum absolute atomic E-state index is 11.3. The van der Waals surface area contributed by atoms with Gasteiger partial charge in [-0.3, -0.25) is 0 Å². The SMILES string of the molecule is O=C(O)CN(CCN(CC(=O)O)[C]([Na])([Na])C(=O)O)CC(=O)O. The van der Waals surface area contributed by atoms with Crippen LogP contribution in [0.3, 0.4) is 0 Å². The predicted octanol–water partition coefficient (Wildman–Crippen LogP) is -3.08. The Balaban J connectivity index is 4.96. The van der Waals surface area contributed by atoms with Crippen LogP contribution < -0.4 is 0 Å². The van der Waals surface area contributed by atoms with Crippen molar-refractivity contribution < 1.29 is 39.6 Å². The molecule has 0 aromatic rings. The summed E-state index contributed by atoms with van der Waals surface area (Å²) in [4.78, 5) is 45.9. The summed E-state index contributed by atoms with van der Waals surface area (Å²) in [5.41, 5.74) is 0. The van der Waals surface area contributed by atoms with E-state index in [9.17, 15) is 24.3 Å². The Hall–Kier alpha value is -0.200. The molecule has 0 saturated carbocycles. The number of nitrogens with zero attached hydrogens (tertiary/aromatic N) is 2. The van der Waals surface area contributed by atoms with Crippen LogP contribution in [0.4, 0.5) is 0 Å². The van der Waals surface area contributed by atoms with Crippen molar-refractivity contribution in [3.05, 3.63) is 0 Å². The van der Waals surface area contributed by atoms with Gasteiger partial charge in [-0.15, -0.1) is 0 Å². The van der Waals surface area contributed by atoms with Crippen molar-refractivity contribution >= 4 is 79.7 Å². The van der Waals surface area contributed by atoms with Crippen molar-refractivity contribution in [1.82, 2.24) is 9.80 Å². The summed E-state index contributed by atoms with van der Waals surface area (Å²) in [5, 5.41) is 35.6. The van der Waals surface area contributed by atoms with E-state index in [2.05, 4.69) is 0 Å². The Labute approximate surface area is 160 Å². The van der Waals surface area contributed by atoms with E-state index in [0.717, 1.165) is 4.90 Å². The number of hydrogen-bond donors (Lipinski definition) is 4. The molecule has 10 nitrogen and oxygen atoms in total. The maximum atomic E-state index is 11.3. The van der Waals surface area contributed by atoms with Crippen LogP contribution in [0, 0.1) is 0 Å². The van der Waals surface area contributed by atoms with Gasteiger partial charge < -0.3 is 0 Å². The molecule has 114 valence electrons. The van der Waals surface area contributed by atoms with Gasteiger partial charge in [-0.1, -0.05) is 0 Å². The van der Waals surface area contributed by atoms with E-state index >= 15 is 0 Å². The first-order valence-corrected chi connectivity index (χ1v) is 8.33. The summed E-state index contributed by atoms with van der Waals surface area (Å²) in [6.07, 6.45) is 0. The van der Waals surface area contributed by atoms with E-state index in [0.29, 0.717) is 0 Å². The molecule has 0 fully saturated rings. The predicted molar refractivity (Wildman–Crippen MR) is 72.8 cm³/mol. The zero-order valence-electron chi connectivity index (χ0n) is 12.4. The van der Waals surface area contributed by atoms with Crippen LogP contribution in [-0.2, 0) is 19.2 Å². The second-order valence-corrected chi connectivity index (χ2v) is 11.1. The average Bonchev–Trinajstić information content (AvgIpc) is 2.31. The van der Waals surface area contributed by atoms with Gasteiger partial charge in [-0.25, -0.2) is 0 Å². The molecule has 0 rings (SSSR count). The van der Waals surface area contributed by atoms with Crippen molar-refractivity contribution in [2.45, 2.75) is 0.0379 Å². The van der Waals surface area contributed by atoms with Crippen LogP contribution in [-0.4, -0.2) is 143 Å². The molecule has 0 heterocycles. The van der Waals surface area contributed by atoms with Crippen LogP contribution in [0.2, 0.25) is 0 Å². The first-order valence-electron chi connectivity index (χ1n) is 6.33. The number of carbonyl (C=O) groups is 4. The van der Waals surface area contributed by atoms with Crippen molar-refractivity contribution in [2.24, 2.45) is 0 Å². The summed E-state index contributed by atoms with van der Waals surface area (Å²) in [7, 11) is 0. The molecule has 0 aliphatic carbocycles. The van der Waals surface area contributed by atoms with E-state index in [4.69, 9.17) is 15.3 Å². The van der Waals surface area contributed by atoms with Crippen LogP contribution in [0.25, 0.3) is 0 Å². The molecule has 0 radical (unpaired) electrons. The summed E-state index contributed by atoms with van der Waals surface area (Å²) in [6.45, 7) is -1.62. The summed E-state index contributed by atoms with van der Waals surface area (Å²) in [5.74, 6) is -4.74. The molecule has 0 bridgehead atoms. The fourth-order valence-electron chi connectivity index (χ4n) is 1.71. The third kappa shape index (κ3) is 8.44. The molecule has 0 saturated heterocycles. The Morgan fingerprint density at radius 1 is 0.773 bits per heavy atom. The summed E-state index contributed by atoms with van der Waals surface area (Å²) < 4.78 is -1.21. The topological polar surface area (TPSA) is 156 Å². The monoisotopic (exact) mass is 336 g/mol. The zero-order chi connectivity index (χ0) is 17.5. The molecule has 0 amide bonds. The van der Waals surface area contributed by atoms with Gasteiger partial charge in [0.05, 0.1) is 0 Å². The minimum atomic E-state index is -1.22. The average molecular weight is 336 g/mol. The molecule has 0 aromatic carbocycles. The summed E-state index contributed by atoms with van der Waals surface area (Å²) >= 11 is 0.403. The molecule has 0 unspecified atom stereocenters. The second-order valence-electron chi connectivity index (χ2n) is 5.18. The van der Waals surface area contributed by atoms with Crippen LogP contribution in [0.1, 0.15) is 0 Å². The van der Waals surface area contributed by atoms with Crippen LogP contribution in [0.5, 0.6) is 0 Å². The number of hydrogen-bond acceptors (Lipinski definition) is 6. The van der Waals surface area contributed by atoms with Crippen molar-refractivity contribution in [3.63, 3.8) is 0 Å². The van der Waals surface area contributed by atoms with E-state index in [1.165, 1.54) is 4.90 Å². The molecule has 0 aliphatic heterocycles. The number of aliphatic carboxylic acids is 4. The molecule has 0 atom stereocenters.